The predicted molar refractivity (Wildman–Crippen MR) is 109 cm³/mol. The standard InChI is InChI=1S/C19H14N4O3S2/c24-19(13-6-11-18-17(12-13)21-23-27-18)20-14-7-9-16(10-8-14)28(25,26)22-15-4-2-1-3-5-15/h1-12,22H,(H,20,24). The number of rotatable bonds is 5. The number of benzene rings is 3. The van der Waals surface area contributed by atoms with E-state index in [4.69, 9.17) is 0 Å². The first-order valence-electron chi connectivity index (χ1n) is 8.23. The predicted octanol–water partition coefficient (Wildman–Crippen LogP) is 3.74. The van der Waals surface area contributed by atoms with Gasteiger partial charge >= 0.3 is 0 Å². The van der Waals surface area contributed by atoms with Crippen molar-refractivity contribution in [2.75, 3.05) is 10.0 Å². The molecule has 4 rings (SSSR count). The van der Waals surface area contributed by atoms with E-state index in [9.17, 15) is 13.2 Å². The first kappa shape index (κ1) is 18.1. The maximum Gasteiger partial charge on any atom is 0.261 e. The Morgan fingerprint density at radius 3 is 2.39 bits per heavy atom. The van der Waals surface area contributed by atoms with Crippen molar-refractivity contribution in [2.45, 2.75) is 4.90 Å². The zero-order chi connectivity index (χ0) is 19.6. The molecule has 3 aromatic carbocycles. The lowest BCUT2D eigenvalue weighted by Crippen LogP contribution is -2.14. The molecule has 1 amide bonds. The maximum atomic E-state index is 12.4. The summed E-state index contributed by atoms with van der Waals surface area (Å²) in [7, 11) is -3.71. The number of aromatic nitrogens is 2. The molecule has 0 bridgehead atoms. The Hall–Kier alpha value is -3.30. The van der Waals surface area contributed by atoms with Crippen LogP contribution < -0.4 is 10.0 Å². The zero-order valence-corrected chi connectivity index (χ0v) is 16.0. The van der Waals surface area contributed by atoms with Crippen LogP contribution in [0.25, 0.3) is 10.2 Å². The number of anilines is 2. The van der Waals surface area contributed by atoms with Crippen LogP contribution in [0.3, 0.4) is 0 Å². The number of carbonyl (C=O) groups is 1. The molecular weight excluding hydrogens is 396 g/mol. The first-order valence-corrected chi connectivity index (χ1v) is 10.5. The van der Waals surface area contributed by atoms with Crippen molar-refractivity contribution in [3.05, 3.63) is 78.4 Å². The number of fused-ring (bicyclic) bond motifs is 1. The molecule has 0 saturated carbocycles. The Morgan fingerprint density at radius 2 is 1.64 bits per heavy atom. The molecule has 0 unspecified atom stereocenters. The van der Waals surface area contributed by atoms with Crippen molar-refractivity contribution in [2.24, 2.45) is 0 Å². The van der Waals surface area contributed by atoms with Gasteiger partial charge in [0.2, 0.25) is 0 Å². The summed E-state index contributed by atoms with van der Waals surface area (Å²) in [6, 6.07) is 19.7. The number of hydrogen-bond donors (Lipinski definition) is 2. The normalized spacial score (nSPS) is 11.3. The molecule has 1 heterocycles. The van der Waals surface area contributed by atoms with Crippen LogP contribution in [-0.2, 0) is 10.0 Å². The van der Waals surface area contributed by atoms with E-state index in [1.165, 1.54) is 23.7 Å². The molecule has 0 aliphatic rings. The third kappa shape index (κ3) is 3.85. The van der Waals surface area contributed by atoms with Crippen molar-refractivity contribution in [3.8, 4) is 0 Å². The number of carbonyl (C=O) groups excluding carboxylic acids is 1. The number of hydrogen-bond acceptors (Lipinski definition) is 6. The Labute approximate surface area is 165 Å². The molecule has 9 heteroatoms. The van der Waals surface area contributed by atoms with Crippen LogP contribution in [0.1, 0.15) is 10.4 Å². The number of sulfonamides is 1. The molecule has 28 heavy (non-hydrogen) atoms. The molecule has 0 spiro atoms. The largest absolute Gasteiger partial charge is 0.322 e. The minimum atomic E-state index is -3.71. The van der Waals surface area contributed by atoms with Gasteiger partial charge in [0, 0.05) is 16.9 Å². The SMILES string of the molecule is O=C(Nc1ccc(S(=O)(=O)Nc2ccccc2)cc1)c1ccc2snnc2c1. The molecule has 0 aliphatic carbocycles. The third-order valence-electron chi connectivity index (χ3n) is 3.96. The molecule has 7 nitrogen and oxygen atoms in total. The molecule has 0 atom stereocenters. The Bertz CT molecular complexity index is 1240. The van der Waals surface area contributed by atoms with E-state index in [1.54, 1.807) is 60.7 Å². The fourth-order valence-electron chi connectivity index (χ4n) is 2.56. The summed E-state index contributed by atoms with van der Waals surface area (Å²) in [4.78, 5) is 12.5. The average Bonchev–Trinajstić information content (AvgIpc) is 3.16. The van der Waals surface area contributed by atoms with Crippen LogP contribution in [0.4, 0.5) is 11.4 Å². The van der Waals surface area contributed by atoms with E-state index in [-0.39, 0.29) is 10.8 Å². The Balaban J connectivity index is 1.49. The smallest absolute Gasteiger partial charge is 0.261 e. The summed E-state index contributed by atoms with van der Waals surface area (Å²) in [5.74, 6) is -0.312. The molecule has 0 radical (unpaired) electrons. The Morgan fingerprint density at radius 1 is 0.893 bits per heavy atom. The molecule has 4 aromatic rings. The highest BCUT2D eigenvalue weighted by Crippen LogP contribution is 2.20. The van der Waals surface area contributed by atoms with Gasteiger partial charge in [0.25, 0.3) is 15.9 Å². The maximum absolute atomic E-state index is 12.4. The van der Waals surface area contributed by atoms with Crippen LogP contribution in [-0.4, -0.2) is 23.9 Å². The average molecular weight is 410 g/mol. The van der Waals surface area contributed by atoms with E-state index in [0.29, 0.717) is 22.5 Å². The molecular formula is C19H14N4O3S2. The van der Waals surface area contributed by atoms with Gasteiger partial charge in [-0.15, -0.1) is 5.10 Å². The van der Waals surface area contributed by atoms with Crippen molar-refractivity contribution in [1.82, 2.24) is 9.59 Å². The van der Waals surface area contributed by atoms with Gasteiger partial charge in [0.1, 0.15) is 5.52 Å². The molecule has 140 valence electrons. The lowest BCUT2D eigenvalue weighted by molar-refractivity contribution is 0.102. The summed E-state index contributed by atoms with van der Waals surface area (Å²) >= 11 is 1.26. The van der Waals surface area contributed by atoms with E-state index in [1.807, 2.05) is 0 Å². The molecule has 2 N–H and O–H groups in total. The highest BCUT2D eigenvalue weighted by atomic mass is 32.2. The van der Waals surface area contributed by atoms with Crippen molar-refractivity contribution >= 4 is 49.1 Å². The second kappa shape index (κ2) is 7.37. The van der Waals surface area contributed by atoms with Gasteiger partial charge < -0.3 is 5.32 Å². The van der Waals surface area contributed by atoms with E-state index in [0.717, 1.165) is 4.70 Å². The number of para-hydroxylation sites is 1. The van der Waals surface area contributed by atoms with Crippen LogP contribution in [0, 0.1) is 0 Å². The van der Waals surface area contributed by atoms with Gasteiger partial charge in [-0.1, -0.05) is 22.7 Å². The lowest BCUT2D eigenvalue weighted by Gasteiger charge is -2.09. The van der Waals surface area contributed by atoms with E-state index >= 15 is 0 Å². The quantitative estimate of drug-likeness (QED) is 0.522. The molecule has 0 fully saturated rings. The van der Waals surface area contributed by atoms with Gasteiger partial charge in [-0.25, -0.2) is 8.42 Å². The van der Waals surface area contributed by atoms with Crippen LogP contribution in [0.15, 0.2) is 77.7 Å². The van der Waals surface area contributed by atoms with Crippen LogP contribution in [0.2, 0.25) is 0 Å². The highest BCUT2D eigenvalue weighted by Gasteiger charge is 2.14. The van der Waals surface area contributed by atoms with E-state index < -0.39 is 10.0 Å². The lowest BCUT2D eigenvalue weighted by atomic mass is 10.2. The minimum absolute atomic E-state index is 0.101. The molecule has 0 saturated heterocycles. The highest BCUT2D eigenvalue weighted by molar-refractivity contribution is 7.92. The number of amides is 1. The Kier molecular flexibility index (Phi) is 4.76. The molecule has 1 aromatic heterocycles. The number of nitrogens with one attached hydrogen (secondary N) is 2. The van der Waals surface area contributed by atoms with Gasteiger partial charge in [-0.3, -0.25) is 9.52 Å². The monoisotopic (exact) mass is 410 g/mol. The second-order valence-electron chi connectivity index (χ2n) is 5.91. The fourth-order valence-corrected chi connectivity index (χ4v) is 4.16. The molecule has 0 aliphatic heterocycles. The van der Waals surface area contributed by atoms with Crippen molar-refractivity contribution in [3.63, 3.8) is 0 Å². The number of nitrogens with zero attached hydrogens (tertiary/aromatic N) is 2. The summed E-state index contributed by atoms with van der Waals surface area (Å²) in [5.41, 5.74) is 2.07. The zero-order valence-electron chi connectivity index (χ0n) is 14.4. The first-order chi connectivity index (χ1) is 13.5. The van der Waals surface area contributed by atoms with Gasteiger partial charge in [-0.05, 0) is 66.1 Å². The summed E-state index contributed by atoms with van der Waals surface area (Å²) in [6.45, 7) is 0. The summed E-state index contributed by atoms with van der Waals surface area (Å²) in [5, 5.41) is 6.70. The van der Waals surface area contributed by atoms with Crippen molar-refractivity contribution < 1.29 is 13.2 Å². The summed E-state index contributed by atoms with van der Waals surface area (Å²) < 4.78 is 32.1. The topological polar surface area (TPSA) is 101 Å². The van der Waals surface area contributed by atoms with E-state index in [2.05, 4.69) is 19.6 Å². The second-order valence-corrected chi connectivity index (χ2v) is 8.37. The van der Waals surface area contributed by atoms with Gasteiger partial charge in [-0.2, -0.15) is 0 Å². The van der Waals surface area contributed by atoms with Crippen molar-refractivity contribution in [1.29, 1.82) is 0 Å². The van der Waals surface area contributed by atoms with Gasteiger partial charge in [0.05, 0.1) is 9.60 Å². The fraction of sp³-hybridized carbons (Fsp3) is 0. The summed E-state index contributed by atoms with van der Waals surface area (Å²) in [6.07, 6.45) is 0. The van der Waals surface area contributed by atoms with Crippen LogP contribution in [0.5, 0.6) is 0 Å². The van der Waals surface area contributed by atoms with Crippen LogP contribution >= 0.6 is 11.5 Å². The van der Waals surface area contributed by atoms with Gasteiger partial charge in [0.15, 0.2) is 0 Å². The third-order valence-corrected chi connectivity index (χ3v) is 6.06. The minimum Gasteiger partial charge on any atom is -0.322 e.